The summed E-state index contributed by atoms with van der Waals surface area (Å²) in [6, 6.07) is 6.50. The average Bonchev–Trinajstić information content (AvgIpc) is 2.43. The Labute approximate surface area is 142 Å². The Morgan fingerprint density at radius 2 is 1.43 bits per heavy atom. The van der Waals surface area contributed by atoms with Crippen molar-refractivity contribution in [2.75, 3.05) is 19.8 Å². The maximum absolute atomic E-state index is 6.05. The van der Waals surface area contributed by atoms with Gasteiger partial charge in [-0.3, -0.25) is 0 Å². The molecule has 0 N–H and O–H groups in total. The topological polar surface area (TPSA) is 27.7 Å². The van der Waals surface area contributed by atoms with Gasteiger partial charge in [0.25, 0.3) is 0 Å². The van der Waals surface area contributed by atoms with Crippen molar-refractivity contribution < 1.29 is 14.2 Å². The van der Waals surface area contributed by atoms with Gasteiger partial charge in [-0.05, 0) is 41.9 Å². The highest BCUT2D eigenvalue weighted by molar-refractivity contribution is 5.43. The number of benzene rings is 1. The second-order valence-electron chi connectivity index (χ2n) is 7.86. The molecule has 0 amide bonds. The minimum atomic E-state index is -0.319. The van der Waals surface area contributed by atoms with Crippen molar-refractivity contribution in [3.8, 4) is 5.75 Å². The predicted molar refractivity (Wildman–Crippen MR) is 96.4 cm³/mol. The lowest BCUT2D eigenvalue weighted by Gasteiger charge is -2.28. The molecule has 0 heterocycles. The van der Waals surface area contributed by atoms with E-state index >= 15 is 0 Å². The van der Waals surface area contributed by atoms with Crippen LogP contribution in [0, 0.1) is 0 Å². The summed E-state index contributed by atoms with van der Waals surface area (Å²) in [6.45, 7) is 18.9. The summed E-state index contributed by atoms with van der Waals surface area (Å²) in [7, 11) is 0. The molecule has 0 atom stereocenters. The maximum atomic E-state index is 6.05. The van der Waals surface area contributed by atoms with Crippen molar-refractivity contribution in [1.29, 1.82) is 0 Å². The molecule has 23 heavy (non-hydrogen) atoms. The van der Waals surface area contributed by atoms with Gasteiger partial charge in [-0.15, -0.1) is 0 Å². The van der Waals surface area contributed by atoms with Crippen LogP contribution in [0.2, 0.25) is 0 Å². The zero-order valence-electron chi connectivity index (χ0n) is 16.2. The van der Waals surface area contributed by atoms with Crippen molar-refractivity contribution in [3.63, 3.8) is 0 Å². The molecule has 3 nitrogen and oxygen atoms in total. The molecular weight excluding hydrogens is 288 g/mol. The van der Waals surface area contributed by atoms with Gasteiger partial charge in [-0.2, -0.15) is 0 Å². The van der Waals surface area contributed by atoms with Crippen LogP contribution in [0.1, 0.15) is 66.5 Å². The Hall–Kier alpha value is -1.06. The SMILES string of the molecule is CCOC(COc1ccc(C(C)(C)C)cc1C(C)(C)C)OCC. The fourth-order valence-electron chi connectivity index (χ4n) is 2.38. The lowest BCUT2D eigenvalue weighted by Crippen LogP contribution is -2.26. The first-order valence-electron chi connectivity index (χ1n) is 8.60. The molecule has 132 valence electrons. The van der Waals surface area contributed by atoms with Gasteiger partial charge in [-0.1, -0.05) is 53.7 Å². The van der Waals surface area contributed by atoms with Crippen molar-refractivity contribution in [2.24, 2.45) is 0 Å². The zero-order chi connectivity index (χ0) is 17.7. The van der Waals surface area contributed by atoms with E-state index in [9.17, 15) is 0 Å². The van der Waals surface area contributed by atoms with Crippen molar-refractivity contribution >= 4 is 0 Å². The zero-order valence-corrected chi connectivity index (χ0v) is 16.2. The first-order chi connectivity index (χ1) is 10.6. The van der Waals surface area contributed by atoms with E-state index in [1.807, 2.05) is 13.8 Å². The Bertz CT molecular complexity index is 475. The molecule has 0 fully saturated rings. The highest BCUT2D eigenvalue weighted by Gasteiger charge is 2.23. The average molecular weight is 322 g/mol. The molecule has 0 aliphatic rings. The van der Waals surface area contributed by atoms with E-state index in [-0.39, 0.29) is 17.1 Å². The van der Waals surface area contributed by atoms with E-state index in [0.29, 0.717) is 19.8 Å². The van der Waals surface area contributed by atoms with Gasteiger partial charge < -0.3 is 14.2 Å². The number of rotatable bonds is 7. The van der Waals surface area contributed by atoms with Crippen molar-refractivity contribution in [3.05, 3.63) is 29.3 Å². The Kier molecular flexibility index (Phi) is 7.09. The van der Waals surface area contributed by atoms with Crippen LogP contribution in [0.3, 0.4) is 0 Å². The van der Waals surface area contributed by atoms with Crippen LogP contribution in [0.5, 0.6) is 5.75 Å². The third-order valence-electron chi connectivity index (χ3n) is 3.73. The van der Waals surface area contributed by atoms with Gasteiger partial charge >= 0.3 is 0 Å². The van der Waals surface area contributed by atoms with Crippen molar-refractivity contribution in [2.45, 2.75) is 72.5 Å². The summed E-state index contributed by atoms with van der Waals surface area (Å²) in [5.74, 6) is 0.912. The lowest BCUT2D eigenvalue weighted by molar-refractivity contribution is -0.152. The Morgan fingerprint density at radius 1 is 0.870 bits per heavy atom. The van der Waals surface area contributed by atoms with Gasteiger partial charge in [-0.25, -0.2) is 0 Å². The molecule has 3 heteroatoms. The molecule has 0 saturated carbocycles. The van der Waals surface area contributed by atoms with E-state index < -0.39 is 0 Å². The first kappa shape index (κ1) is 20.0. The van der Waals surface area contributed by atoms with Crippen LogP contribution < -0.4 is 4.74 Å². The number of ether oxygens (including phenoxy) is 3. The summed E-state index contributed by atoms with van der Waals surface area (Å²) in [4.78, 5) is 0. The molecule has 0 radical (unpaired) electrons. The molecule has 1 aromatic rings. The van der Waals surface area contributed by atoms with E-state index in [0.717, 1.165) is 5.75 Å². The molecule has 0 aliphatic heterocycles. The second-order valence-corrected chi connectivity index (χ2v) is 7.86. The van der Waals surface area contributed by atoms with Crippen LogP contribution in [-0.4, -0.2) is 26.1 Å². The van der Waals surface area contributed by atoms with Crippen LogP contribution in [0.4, 0.5) is 0 Å². The fraction of sp³-hybridized carbons (Fsp3) is 0.700. The number of hydrogen-bond donors (Lipinski definition) is 0. The van der Waals surface area contributed by atoms with Gasteiger partial charge in [0.2, 0.25) is 0 Å². The predicted octanol–water partition coefficient (Wildman–Crippen LogP) is 5.06. The smallest absolute Gasteiger partial charge is 0.191 e. The first-order valence-corrected chi connectivity index (χ1v) is 8.60. The summed E-state index contributed by atoms with van der Waals surface area (Å²) in [5, 5.41) is 0. The summed E-state index contributed by atoms with van der Waals surface area (Å²) >= 11 is 0. The monoisotopic (exact) mass is 322 g/mol. The molecular formula is C20H34O3. The van der Waals surface area contributed by atoms with Gasteiger partial charge in [0.05, 0.1) is 0 Å². The van der Waals surface area contributed by atoms with Crippen LogP contribution >= 0.6 is 0 Å². The summed E-state index contributed by atoms with van der Waals surface area (Å²) in [5.41, 5.74) is 2.68. The minimum Gasteiger partial charge on any atom is -0.488 e. The van der Waals surface area contributed by atoms with Gasteiger partial charge in [0, 0.05) is 13.2 Å². The molecule has 0 saturated heterocycles. The van der Waals surface area contributed by atoms with Crippen molar-refractivity contribution in [1.82, 2.24) is 0 Å². The maximum Gasteiger partial charge on any atom is 0.191 e. The molecule has 0 bridgehead atoms. The fourth-order valence-corrected chi connectivity index (χ4v) is 2.38. The van der Waals surface area contributed by atoms with Gasteiger partial charge in [0.15, 0.2) is 6.29 Å². The Morgan fingerprint density at radius 3 is 1.87 bits per heavy atom. The molecule has 0 unspecified atom stereocenters. The summed E-state index contributed by atoms with van der Waals surface area (Å²) in [6.07, 6.45) is -0.319. The van der Waals surface area contributed by atoms with E-state index in [2.05, 4.69) is 59.7 Å². The second kappa shape index (κ2) is 8.16. The van der Waals surface area contributed by atoms with Crippen LogP contribution in [0.15, 0.2) is 18.2 Å². The number of hydrogen-bond acceptors (Lipinski definition) is 3. The van der Waals surface area contributed by atoms with E-state index in [1.165, 1.54) is 11.1 Å². The molecule has 0 aliphatic carbocycles. The summed E-state index contributed by atoms with van der Waals surface area (Å²) < 4.78 is 17.2. The lowest BCUT2D eigenvalue weighted by atomic mass is 9.80. The molecule has 1 rings (SSSR count). The third kappa shape index (κ3) is 6.15. The highest BCUT2D eigenvalue weighted by Crippen LogP contribution is 2.35. The standard InChI is InChI=1S/C20H34O3/c1-9-21-18(22-10-2)14-23-17-12-11-15(19(3,4)5)13-16(17)20(6,7)8/h11-13,18H,9-10,14H2,1-8H3. The Balaban J connectivity index is 3.01. The molecule has 1 aromatic carbocycles. The van der Waals surface area contributed by atoms with E-state index in [1.54, 1.807) is 0 Å². The van der Waals surface area contributed by atoms with Crippen LogP contribution in [-0.2, 0) is 20.3 Å². The molecule has 0 spiro atoms. The van der Waals surface area contributed by atoms with Gasteiger partial charge in [0.1, 0.15) is 12.4 Å². The van der Waals surface area contributed by atoms with E-state index in [4.69, 9.17) is 14.2 Å². The largest absolute Gasteiger partial charge is 0.488 e. The quantitative estimate of drug-likeness (QED) is 0.657. The highest BCUT2D eigenvalue weighted by atomic mass is 16.7. The normalized spacial score (nSPS) is 12.7. The van der Waals surface area contributed by atoms with Crippen LogP contribution in [0.25, 0.3) is 0 Å². The third-order valence-corrected chi connectivity index (χ3v) is 3.73. The molecule has 0 aromatic heterocycles. The minimum absolute atomic E-state index is 0.0172.